The predicted molar refractivity (Wildman–Crippen MR) is 92.1 cm³/mol. The number of halogens is 1. The van der Waals surface area contributed by atoms with E-state index in [4.69, 9.17) is 21.2 Å². The summed E-state index contributed by atoms with van der Waals surface area (Å²) in [5, 5.41) is 16.1. The van der Waals surface area contributed by atoms with E-state index in [0.29, 0.717) is 29.6 Å². The Bertz CT molecular complexity index is 730. The van der Waals surface area contributed by atoms with E-state index in [1.165, 1.54) is 0 Å². The molecule has 0 radical (unpaired) electrons. The number of hydrogen-bond acceptors (Lipinski definition) is 5. The Kier molecular flexibility index (Phi) is 6.52. The van der Waals surface area contributed by atoms with E-state index in [1.54, 1.807) is 38.1 Å². The van der Waals surface area contributed by atoms with Gasteiger partial charge in [-0.2, -0.15) is 4.98 Å². The monoisotopic (exact) mass is 365 g/mol. The van der Waals surface area contributed by atoms with Gasteiger partial charge < -0.3 is 14.9 Å². The molecule has 2 atom stereocenters. The number of carbonyl (C=O) groups is 2. The molecule has 2 aromatic rings. The molecule has 2 N–H and O–H groups in total. The molecule has 8 heteroatoms. The molecule has 0 fully saturated rings. The highest BCUT2D eigenvalue weighted by atomic mass is 35.5. The molecule has 1 aromatic carbocycles. The van der Waals surface area contributed by atoms with Crippen LogP contribution in [0.3, 0.4) is 0 Å². The molecule has 0 aliphatic heterocycles. The van der Waals surface area contributed by atoms with Crippen LogP contribution in [0.1, 0.15) is 32.6 Å². The highest BCUT2D eigenvalue weighted by Gasteiger charge is 2.20. The van der Waals surface area contributed by atoms with E-state index < -0.39 is 17.9 Å². The lowest BCUT2D eigenvalue weighted by Crippen LogP contribution is -2.39. The number of aryl methyl sites for hydroxylation is 1. The third kappa shape index (κ3) is 5.56. The van der Waals surface area contributed by atoms with Crippen LogP contribution in [-0.2, 0) is 16.0 Å². The Hall–Kier alpha value is -2.41. The summed E-state index contributed by atoms with van der Waals surface area (Å²) in [6.07, 6.45) is 1.26. The minimum Gasteiger partial charge on any atom is -0.481 e. The van der Waals surface area contributed by atoms with Crippen molar-refractivity contribution in [3.05, 3.63) is 35.2 Å². The van der Waals surface area contributed by atoms with Gasteiger partial charge in [0.25, 0.3) is 0 Å². The van der Waals surface area contributed by atoms with Crippen LogP contribution >= 0.6 is 11.6 Å². The first-order chi connectivity index (χ1) is 11.9. The summed E-state index contributed by atoms with van der Waals surface area (Å²) in [7, 11) is 0. The van der Waals surface area contributed by atoms with Crippen molar-refractivity contribution >= 4 is 23.5 Å². The second kappa shape index (κ2) is 8.62. The molecule has 0 aliphatic rings. The number of nitrogens with one attached hydrogen (secondary N) is 1. The maximum atomic E-state index is 11.8. The van der Waals surface area contributed by atoms with Gasteiger partial charge in [0.05, 0.1) is 5.92 Å². The predicted octanol–water partition coefficient (Wildman–Crippen LogP) is 2.94. The number of rotatable bonds is 8. The van der Waals surface area contributed by atoms with Crippen LogP contribution in [0.25, 0.3) is 11.4 Å². The van der Waals surface area contributed by atoms with Gasteiger partial charge in [0.2, 0.25) is 17.6 Å². The topological polar surface area (TPSA) is 105 Å². The van der Waals surface area contributed by atoms with Crippen LogP contribution in [0.4, 0.5) is 0 Å². The van der Waals surface area contributed by atoms with Crippen molar-refractivity contribution in [2.75, 3.05) is 0 Å². The fourth-order valence-corrected chi connectivity index (χ4v) is 2.26. The standard InChI is InChI=1S/C17H20ClN3O4/c1-10(17(23)24)11(2)19-14(22)4-3-5-15-20-16(21-25-15)12-6-8-13(18)9-7-12/h6-11H,3-5H2,1-2H3,(H,19,22)(H,23,24). The summed E-state index contributed by atoms with van der Waals surface area (Å²) in [5.74, 6) is -0.849. The zero-order chi connectivity index (χ0) is 18.4. The maximum Gasteiger partial charge on any atom is 0.308 e. The quantitative estimate of drug-likeness (QED) is 0.745. The van der Waals surface area contributed by atoms with E-state index in [2.05, 4.69) is 15.5 Å². The van der Waals surface area contributed by atoms with Gasteiger partial charge in [0.15, 0.2) is 0 Å². The highest BCUT2D eigenvalue weighted by molar-refractivity contribution is 6.30. The zero-order valence-electron chi connectivity index (χ0n) is 14.0. The lowest BCUT2D eigenvalue weighted by molar-refractivity contribution is -0.142. The van der Waals surface area contributed by atoms with Crippen molar-refractivity contribution in [1.82, 2.24) is 15.5 Å². The fraction of sp³-hybridized carbons (Fsp3) is 0.412. The SMILES string of the molecule is CC(NC(=O)CCCc1nc(-c2ccc(Cl)cc2)no1)C(C)C(=O)O. The number of hydrogen-bond donors (Lipinski definition) is 2. The number of carbonyl (C=O) groups excluding carboxylic acids is 1. The van der Waals surface area contributed by atoms with E-state index in [0.717, 1.165) is 5.56 Å². The molecule has 2 unspecified atom stereocenters. The molecular formula is C17H20ClN3O4. The van der Waals surface area contributed by atoms with Crippen molar-refractivity contribution in [3.8, 4) is 11.4 Å². The van der Waals surface area contributed by atoms with Gasteiger partial charge in [-0.25, -0.2) is 0 Å². The number of aliphatic carboxylic acids is 1. The molecule has 1 heterocycles. The van der Waals surface area contributed by atoms with Crippen LogP contribution in [-0.4, -0.2) is 33.2 Å². The molecule has 1 amide bonds. The second-order valence-corrected chi connectivity index (χ2v) is 6.29. The smallest absolute Gasteiger partial charge is 0.308 e. The Morgan fingerprint density at radius 3 is 2.60 bits per heavy atom. The molecule has 2 rings (SSSR count). The largest absolute Gasteiger partial charge is 0.481 e. The van der Waals surface area contributed by atoms with Gasteiger partial charge in [-0.05, 0) is 44.5 Å². The molecule has 7 nitrogen and oxygen atoms in total. The summed E-state index contributed by atoms with van der Waals surface area (Å²) in [6, 6.07) is 6.67. The van der Waals surface area contributed by atoms with Crippen molar-refractivity contribution < 1.29 is 19.2 Å². The molecule has 0 aliphatic carbocycles. The third-order valence-electron chi connectivity index (χ3n) is 3.89. The van der Waals surface area contributed by atoms with Crippen molar-refractivity contribution in [2.24, 2.45) is 5.92 Å². The Balaban J connectivity index is 1.79. The number of aromatic nitrogens is 2. The molecular weight excluding hydrogens is 346 g/mol. The first-order valence-electron chi connectivity index (χ1n) is 7.97. The number of benzene rings is 1. The van der Waals surface area contributed by atoms with E-state index in [1.807, 2.05) is 0 Å². The van der Waals surface area contributed by atoms with Crippen LogP contribution in [0.5, 0.6) is 0 Å². The number of nitrogens with zero attached hydrogens (tertiary/aromatic N) is 2. The summed E-state index contributed by atoms with van der Waals surface area (Å²) in [4.78, 5) is 27.0. The second-order valence-electron chi connectivity index (χ2n) is 5.86. The van der Waals surface area contributed by atoms with Crippen molar-refractivity contribution in [1.29, 1.82) is 0 Å². The van der Waals surface area contributed by atoms with Gasteiger partial charge in [-0.1, -0.05) is 16.8 Å². The van der Waals surface area contributed by atoms with Gasteiger partial charge in [0, 0.05) is 29.5 Å². The van der Waals surface area contributed by atoms with Crippen LogP contribution in [0.15, 0.2) is 28.8 Å². The first kappa shape index (κ1) is 18.9. The highest BCUT2D eigenvalue weighted by Crippen LogP contribution is 2.19. The number of amides is 1. The molecule has 134 valence electrons. The Morgan fingerprint density at radius 1 is 1.28 bits per heavy atom. The average molecular weight is 366 g/mol. The fourth-order valence-electron chi connectivity index (χ4n) is 2.14. The third-order valence-corrected chi connectivity index (χ3v) is 4.15. The molecule has 0 bridgehead atoms. The van der Waals surface area contributed by atoms with Gasteiger partial charge in [0.1, 0.15) is 0 Å². The summed E-state index contributed by atoms with van der Waals surface area (Å²) in [6.45, 7) is 3.23. The minimum absolute atomic E-state index is 0.196. The summed E-state index contributed by atoms with van der Waals surface area (Å²) >= 11 is 5.84. The Labute approximate surface area is 150 Å². The van der Waals surface area contributed by atoms with Crippen molar-refractivity contribution in [2.45, 2.75) is 39.2 Å². The summed E-state index contributed by atoms with van der Waals surface area (Å²) < 4.78 is 5.18. The van der Waals surface area contributed by atoms with E-state index >= 15 is 0 Å². The summed E-state index contributed by atoms with van der Waals surface area (Å²) in [5.41, 5.74) is 0.800. The van der Waals surface area contributed by atoms with Crippen LogP contribution in [0, 0.1) is 5.92 Å². The van der Waals surface area contributed by atoms with E-state index in [9.17, 15) is 9.59 Å². The lowest BCUT2D eigenvalue weighted by atomic mass is 10.0. The molecule has 0 saturated carbocycles. The first-order valence-corrected chi connectivity index (χ1v) is 8.35. The van der Waals surface area contributed by atoms with Gasteiger partial charge in [-0.15, -0.1) is 0 Å². The lowest BCUT2D eigenvalue weighted by Gasteiger charge is -2.17. The van der Waals surface area contributed by atoms with E-state index in [-0.39, 0.29) is 12.3 Å². The van der Waals surface area contributed by atoms with Crippen LogP contribution in [0.2, 0.25) is 5.02 Å². The number of carboxylic acid groups (broad SMARTS) is 1. The minimum atomic E-state index is -0.937. The molecule has 0 saturated heterocycles. The van der Waals surface area contributed by atoms with Crippen LogP contribution < -0.4 is 5.32 Å². The molecule has 1 aromatic heterocycles. The normalized spacial score (nSPS) is 13.2. The number of carboxylic acids is 1. The molecule has 0 spiro atoms. The maximum absolute atomic E-state index is 11.8. The zero-order valence-corrected chi connectivity index (χ0v) is 14.8. The van der Waals surface area contributed by atoms with Crippen molar-refractivity contribution in [3.63, 3.8) is 0 Å². The Morgan fingerprint density at radius 2 is 1.96 bits per heavy atom. The van der Waals surface area contributed by atoms with Gasteiger partial charge >= 0.3 is 5.97 Å². The molecule has 25 heavy (non-hydrogen) atoms. The van der Waals surface area contributed by atoms with Gasteiger partial charge in [-0.3, -0.25) is 9.59 Å². The average Bonchev–Trinajstić information content (AvgIpc) is 3.03.